The number of hydrogen-bond donors (Lipinski definition) is 2. The van der Waals surface area contributed by atoms with E-state index in [0.717, 1.165) is 5.69 Å². The van der Waals surface area contributed by atoms with Crippen LogP contribution in [0.15, 0.2) is 18.6 Å². The Bertz CT molecular complexity index is 577. The smallest absolute Gasteiger partial charge is 0.276 e. The van der Waals surface area contributed by atoms with E-state index in [1.807, 2.05) is 6.92 Å². The summed E-state index contributed by atoms with van der Waals surface area (Å²) in [5.41, 5.74) is 1.67. The van der Waals surface area contributed by atoms with Crippen LogP contribution in [0.3, 0.4) is 0 Å². The number of carbonyl (C=O) groups is 1. The van der Waals surface area contributed by atoms with Crippen LogP contribution in [0, 0.1) is 6.92 Å². The Labute approximate surface area is 104 Å². The van der Waals surface area contributed by atoms with Gasteiger partial charge >= 0.3 is 0 Å². The van der Waals surface area contributed by atoms with Gasteiger partial charge in [0.15, 0.2) is 0 Å². The van der Waals surface area contributed by atoms with E-state index in [0.29, 0.717) is 11.5 Å². The zero-order valence-electron chi connectivity index (χ0n) is 10.4. The molecule has 7 heteroatoms. The molecule has 7 nitrogen and oxygen atoms in total. The summed E-state index contributed by atoms with van der Waals surface area (Å²) in [7, 11) is 3.51. The highest BCUT2D eigenvalue weighted by atomic mass is 16.1. The van der Waals surface area contributed by atoms with Gasteiger partial charge < -0.3 is 10.6 Å². The minimum Gasteiger partial charge on any atom is -0.372 e. The molecule has 0 aliphatic heterocycles. The van der Waals surface area contributed by atoms with Gasteiger partial charge in [-0.2, -0.15) is 5.10 Å². The molecule has 2 aromatic heterocycles. The lowest BCUT2D eigenvalue weighted by Gasteiger charge is -2.04. The van der Waals surface area contributed by atoms with E-state index >= 15 is 0 Å². The number of anilines is 2. The van der Waals surface area contributed by atoms with Crippen molar-refractivity contribution < 1.29 is 4.79 Å². The summed E-state index contributed by atoms with van der Waals surface area (Å²) in [5, 5.41) is 9.72. The summed E-state index contributed by atoms with van der Waals surface area (Å²) in [6, 6.07) is 0. The predicted molar refractivity (Wildman–Crippen MR) is 67.5 cm³/mol. The Hall–Kier alpha value is -2.44. The minimum absolute atomic E-state index is 0.255. The molecule has 18 heavy (non-hydrogen) atoms. The Morgan fingerprint density at radius 3 is 2.78 bits per heavy atom. The molecule has 0 aliphatic rings. The Morgan fingerprint density at radius 1 is 1.39 bits per heavy atom. The van der Waals surface area contributed by atoms with Gasteiger partial charge in [0.05, 0.1) is 23.8 Å². The molecule has 0 aliphatic carbocycles. The van der Waals surface area contributed by atoms with Crippen molar-refractivity contribution in [3.05, 3.63) is 30.0 Å². The van der Waals surface area contributed by atoms with Gasteiger partial charge in [0.1, 0.15) is 11.5 Å². The van der Waals surface area contributed by atoms with Crippen molar-refractivity contribution in [2.24, 2.45) is 7.05 Å². The summed E-state index contributed by atoms with van der Waals surface area (Å²) in [4.78, 5) is 20.0. The summed E-state index contributed by atoms with van der Waals surface area (Å²) in [5.74, 6) is 0.237. The topological polar surface area (TPSA) is 84.7 Å². The normalized spacial score (nSPS) is 10.2. The van der Waals surface area contributed by atoms with Gasteiger partial charge in [0.2, 0.25) is 0 Å². The lowest BCUT2D eigenvalue weighted by atomic mass is 10.3. The molecule has 2 heterocycles. The zero-order chi connectivity index (χ0) is 13.1. The molecule has 2 aromatic rings. The van der Waals surface area contributed by atoms with E-state index in [1.54, 1.807) is 31.2 Å². The average Bonchev–Trinajstić information content (AvgIpc) is 2.68. The van der Waals surface area contributed by atoms with Crippen LogP contribution >= 0.6 is 0 Å². The first kappa shape index (κ1) is 12.0. The van der Waals surface area contributed by atoms with Gasteiger partial charge in [-0.05, 0) is 6.92 Å². The van der Waals surface area contributed by atoms with Crippen molar-refractivity contribution in [3.63, 3.8) is 0 Å². The second-order valence-electron chi connectivity index (χ2n) is 3.80. The third kappa shape index (κ3) is 2.45. The minimum atomic E-state index is -0.310. The monoisotopic (exact) mass is 246 g/mol. The van der Waals surface area contributed by atoms with Gasteiger partial charge in [-0.25, -0.2) is 4.98 Å². The molecule has 0 spiro atoms. The van der Waals surface area contributed by atoms with Crippen molar-refractivity contribution >= 4 is 17.4 Å². The summed E-state index contributed by atoms with van der Waals surface area (Å²) in [6.07, 6.45) is 4.70. The number of aryl methyl sites for hydroxylation is 2. The number of amides is 1. The van der Waals surface area contributed by atoms with Crippen LogP contribution in [0.2, 0.25) is 0 Å². The molecule has 2 rings (SSSR count). The van der Waals surface area contributed by atoms with Crippen molar-refractivity contribution in [2.45, 2.75) is 6.92 Å². The van der Waals surface area contributed by atoms with Crippen LogP contribution in [0.5, 0.6) is 0 Å². The lowest BCUT2D eigenvalue weighted by molar-refractivity contribution is 0.102. The van der Waals surface area contributed by atoms with Gasteiger partial charge in [0, 0.05) is 20.3 Å². The van der Waals surface area contributed by atoms with Crippen LogP contribution in [0.25, 0.3) is 0 Å². The number of hydrogen-bond acceptors (Lipinski definition) is 5. The Morgan fingerprint density at radius 2 is 2.17 bits per heavy atom. The molecule has 0 bridgehead atoms. The molecule has 0 radical (unpaired) electrons. The number of nitrogens with zero attached hydrogens (tertiary/aromatic N) is 4. The van der Waals surface area contributed by atoms with Crippen LogP contribution in [-0.4, -0.2) is 32.7 Å². The Balaban J connectivity index is 2.19. The molecule has 0 aromatic carbocycles. The average molecular weight is 246 g/mol. The maximum absolute atomic E-state index is 12.0. The SMILES string of the molecule is CNc1cncc(C(=O)Nc2cn(C)nc2C)n1. The molecule has 94 valence electrons. The highest BCUT2D eigenvalue weighted by molar-refractivity contribution is 6.03. The zero-order valence-corrected chi connectivity index (χ0v) is 10.4. The van der Waals surface area contributed by atoms with Crippen LogP contribution in [-0.2, 0) is 7.05 Å². The molecule has 2 N–H and O–H groups in total. The molecule has 0 saturated heterocycles. The molecule has 0 saturated carbocycles. The highest BCUT2D eigenvalue weighted by Crippen LogP contribution is 2.12. The number of aromatic nitrogens is 4. The quantitative estimate of drug-likeness (QED) is 0.837. The van der Waals surface area contributed by atoms with Crippen LogP contribution in [0.1, 0.15) is 16.2 Å². The third-order valence-corrected chi connectivity index (χ3v) is 2.38. The number of rotatable bonds is 3. The first-order valence-electron chi connectivity index (χ1n) is 5.41. The van der Waals surface area contributed by atoms with Crippen LogP contribution < -0.4 is 10.6 Å². The second-order valence-corrected chi connectivity index (χ2v) is 3.80. The largest absolute Gasteiger partial charge is 0.372 e. The maximum Gasteiger partial charge on any atom is 0.276 e. The van der Waals surface area contributed by atoms with E-state index in [-0.39, 0.29) is 11.6 Å². The fraction of sp³-hybridized carbons (Fsp3) is 0.273. The Kier molecular flexibility index (Phi) is 3.22. The molecular formula is C11H14N6O. The fourth-order valence-corrected chi connectivity index (χ4v) is 1.50. The molecular weight excluding hydrogens is 232 g/mol. The number of nitrogens with one attached hydrogen (secondary N) is 2. The highest BCUT2D eigenvalue weighted by Gasteiger charge is 2.11. The van der Waals surface area contributed by atoms with Gasteiger partial charge in [-0.1, -0.05) is 0 Å². The predicted octanol–water partition coefficient (Wildman–Crippen LogP) is 0.813. The maximum atomic E-state index is 12.0. The summed E-state index contributed by atoms with van der Waals surface area (Å²) in [6.45, 7) is 1.82. The molecule has 0 fully saturated rings. The van der Waals surface area contributed by atoms with Crippen molar-refractivity contribution in [1.29, 1.82) is 0 Å². The van der Waals surface area contributed by atoms with Crippen molar-refractivity contribution in [3.8, 4) is 0 Å². The number of carbonyl (C=O) groups excluding carboxylic acids is 1. The molecule has 1 amide bonds. The van der Waals surface area contributed by atoms with Crippen LogP contribution in [0.4, 0.5) is 11.5 Å². The molecule has 0 unspecified atom stereocenters. The van der Waals surface area contributed by atoms with Crippen molar-refractivity contribution in [1.82, 2.24) is 19.7 Å². The van der Waals surface area contributed by atoms with E-state index in [1.165, 1.54) is 6.20 Å². The van der Waals surface area contributed by atoms with E-state index in [4.69, 9.17) is 0 Å². The van der Waals surface area contributed by atoms with Gasteiger partial charge in [-0.3, -0.25) is 14.5 Å². The fourth-order valence-electron chi connectivity index (χ4n) is 1.50. The third-order valence-electron chi connectivity index (χ3n) is 2.38. The van der Waals surface area contributed by atoms with Gasteiger partial charge in [-0.15, -0.1) is 0 Å². The summed E-state index contributed by atoms with van der Waals surface area (Å²) < 4.78 is 1.64. The summed E-state index contributed by atoms with van der Waals surface area (Å²) >= 11 is 0. The lowest BCUT2D eigenvalue weighted by Crippen LogP contribution is -2.15. The first-order valence-corrected chi connectivity index (χ1v) is 5.41. The first-order chi connectivity index (χ1) is 8.60. The van der Waals surface area contributed by atoms with E-state index in [2.05, 4.69) is 25.7 Å². The second kappa shape index (κ2) is 4.82. The van der Waals surface area contributed by atoms with E-state index < -0.39 is 0 Å². The van der Waals surface area contributed by atoms with E-state index in [9.17, 15) is 4.79 Å². The van der Waals surface area contributed by atoms with Crippen molar-refractivity contribution in [2.75, 3.05) is 17.7 Å². The van der Waals surface area contributed by atoms with Gasteiger partial charge in [0.25, 0.3) is 5.91 Å². The standard InChI is InChI=1S/C11H14N6O/c1-7-9(6-17(3)16-7)15-11(18)8-4-13-5-10(12-2)14-8/h4-6H,1-3H3,(H,12,14)(H,15,18). The molecule has 0 atom stereocenters.